The van der Waals surface area contributed by atoms with Gasteiger partial charge in [0, 0.05) is 22.2 Å². The number of carbonyl (C=O) groups is 1. The zero-order valence-corrected chi connectivity index (χ0v) is 19.6. The number of aromatic amines is 1. The number of nitrogens with one attached hydrogen (secondary N) is 2. The van der Waals surface area contributed by atoms with Crippen LogP contribution in [0.5, 0.6) is 0 Å². The monoisotopic (exact) mass is 467 g/mol. The van der Waals surface area contributed by atoms with Crippen molar-refractivity contribution in [2.24, 2.45) is 11.7 Å². The van der Waals surface area contributed by atoms with E-state index in [0.29, 0.717) is 12.1 Å². The molecule has 0 bridgehead atoms. The van der Waals surface area contributed by atoms with E-state index >= 15 is 0 Å². The third-order valence-electron chi connectivity index (χ3n) is 6.44. The minimum Gasteiger partial charge on any atom is -0.390 e. The molecule has 0 saturated heterocycles. The lowest BCUT2D eigenvalue weighted by molar-refractivity contribution is -0.117. The summed E-state index contributed by atoms with van der Waals surface area (Å²) in [6, 6.07) is 11.0. The number of rotatable bonds is 7. The van der Waals surface area contributed by atoms with Gasteiger partial charge in [-0.25, -0.2) is 8.42 Å². The molecule has 1 aliphatic carbocycles. The Labute approximate surface area is 193 Å². The lowest BCUT2D eigenvalue weighted by atomic mass is 9.77. The summed E-state index contributed by atoms with van der Waals surface area (Å²) >= 11 is 0. The van der Waals surface area contributed by atoms with Crippen molar-refractivity contribution in [3.05, 3.63) is 65.2 Å². The summed E-state index contributed by atoms with van der Waals surface area (Å²) in [5.41, 5.74) is 10.9. The highest BCUT2D eigenvalue weighted by atomic mass is 32.2. The maximum atomic E-state index is 11.9. The van der Waals surface area contributed by atoms with Crippen LogP contribution in [0.4, 0.5) is 5.69 Å². The first-order valence-corrected chi connectivity index (χ1v) is 12.4. The molecule has 1 heterocycles. The van der Waals surface area contributed by atoms with Crippen molar-refractivity contribution in [2.45, 2.75) is 45.1 Å². The van der Waals surface area contributed by atoms with Gasteiger partial charge in [-0.05, 0) is 73.4 Å². The fraction of sp³-hybridized carbons (Fsp3) is 0.320. The predicted octanol–water partition coefficient (Wildman–Crippen LogP) is 3.62. The third kappa shape index (κ3) is 4.67. The molecule has 3 aromatic rings. The number of benzene rings is 2. The van der Waals surface area contributed by atoms with E-state index in [4.69, 9.17) is 5.73 Å². The molecule has 1 aliphatic rings. The van der Waals surface area contributed by atoms with Gasteiger partial charge in [-0.3, -0.25) is 9.52 Å². The average molecular weight is 468 g/mol. The van der Waals surface area contributed by atoms with Gasteiger partial charge in [0.2, 0.25) is 5.91 Å². The molecule has 7 nitrogen and oxygen atoms in total. The Morgan fingerprint density at radius 1 is 1.33 bits per heavy atom. The van der Waals surface area contributed by atoms with Gasteiger partial charge in [0.1, 0.15) is 0 Å². The fourth-order valence-electron chi connectivity index (χ4n) is 4.73. The number of sulfonamides is 1. The molecule has 174 valence electrons. The van der Waals surface area contributed by atoms with Gasteiger partial charge in [-0.15, -0.1) is 0 Å². The fourth-order valence-corrected chi connectivity index (χ4v) is 5.27. The smallest absolute Gasteiger partial charge is 0.254 e. The van der Waals surface area contributed by atoms with E-state index in [1.807, 2.05) is 32.0 Å². The molecule has 2 aromatic carbocycles. The van der Waals surface area contributed by atoms with Crippen LogP contribution in [-0.4, -0.2) is 30.0 Å². The Bertz CT molecular complexity index is 1350. The first-order chi connectivity index (χ1) is 15.5. The van der Waals surface area contributed by atoms with E-state index in [-0.39, 0.29) is 12.3 Å². The second-order valence-electron chi connectivity index (χ2n) is 9.24. The van der Waals surface area contributed by atoms with Crippen molar-refractivity contribution >= 4 is 32.5 Å². The number of nitrogens with two attached hydrogens (primary N) is 1. The number of aryl methyl sites for hydroxylation is 1. The summed E-state index contributed by atoms with van der Waals surface area (Å²) in [5.74, 6) is -0.287. The van der Waals surface area contributed by atoms with Crippen LogP contribution >= 0.6 is 0 Å². The van der Waals surface area contributed by atoms with E-state index in [2.05, 4.69) is 16.3 Å². The average Bonchev–Trinajstić information content (AvgIpc) is 3.12. The number of aliphatic hydroxyl groups is 1. The standard InChI is InChI=1S/C25H29N3O4S/c1-4-33(31,32)28-18-7-5-6-15(12-18)19-10-8-16(13-22(26)29)24-23(19)20-11-9-17(25(2,3)30)14-21(20)27-24/h4-8,10,12,17,27-28,30H,1,9,11,13-14H2,2-3H3,(H2,26,29)/t17-/m0/s1. The Morgan fingerprint density at radius 3 is 2.76 bits per heavy atom. The van der Waals surface area contributed by atoms with E-state index in [1.165, 1.54) is 5.56 Å². The Balaban J connectivity index is 1.88. The van der Waals surface area contributed by atoms with Crippen molar-refractivity contribution in [1.82, 2.24) is 4.98 Å². The minimum absolute atomic E-state index is 0.115. The zero-order chi connectivity index (χ0) is 24.0. The molecule has 5 N–H and O–H groups in total. The summed E-state index contributed by atoms with van der Waals surface area (Å²) in [5, 5.41) is 12.4. The summed E-state index contributed by atoms with van der Waals surface area (Å²) in [7, 11) is -3.63. The zero-order valence-electron chi connectivity index (χ0n) is 18.8. The van der Waals surface area contributed by atoms with Crippen LogP contribution in [0.3, 0.4) is 0 Å². The van der Waals surface area contributed by atoms with E-state index in [9.17, 15) is 18.3 Å². The molecule has 1 aromatic heterocycles. The molecule has 4 rings (SSSR count). The lowest BCUT2D eigenvalue weighted by Crippen LogP contribution is -2.34. The van der Waals surface area contributed by atoms with Crippen LogP contribution in [0, 0.1) is 5.92 Å². The minimum atomic E-state index is -3.63. The number of hydrogen-bond donors (Lipinski definition) is 4. The van der Waals surface area contributed by atoms with Gasteiger partial charge < -0.3 is 15.8 Å². The van der Waals surface area contributed by atoms with Crippen molar-refractivity contribution < 1.29 is 18.3 Å². The van der Waals surface area contributed by atoms with E-state index in [1.54, 1.807) is 18.2 Å². The Morgan fingerprint density at radius 2 is 2.09 bits per heavy atom. The summed E-state index contributed by atoms with van der Waals surface area (Å²) in [6.45, 7) is 7.01. The molecule has 1 amide bonds. The van der Waals surface area contributed by atoms with Crippen LogP contribution in [0.2, 0.25) is 0 Å². The number of carbonyl (C=O) groups excluding carboxylic acids is 1. The molecule has 0 saturated carbocycles. The van der Waals surface area contributed by atoms with Crippen molar-refractivity contribution in [3.63, 3.8) is 0 Å². The molecule has 0 aliphatic heterocycles. The number of hydrogen-bond acceptors (Lipinski definition) is 4. The number of anilines is 1. The normalized spacial score (nSPS) is 16.4. The molecule has 0 radical (unpaired) electrons. The van der Waals surface area contributed by atoms with Gasteiger partial charge >= 0.3 is 0 Å². The molecule has 8 heteroatoms. The van der Waals surface area contributed by atoms with Crippen molar-refractivity contribution in [1.29, 1.82) is 0 Å². The summed E-state index contributed by atoms with van der Waals surface area (Å²) < 4.78 is 26.4. The third-order valence-corrected chi connectivity index (χ3v) is 7.40. The molecule has 0 unspecified atom stereocenters. The molecular formula is C25H29N3O4S. The first-order valence-electron chi connectivity index (χ1n) is 10.9. The van der Waals surface area contributed by atoms with Gasteiger partial charge in [-0.2, -0.15) is 0 Å². The largest absolute Gasteiger partial charge is 0.390 e. The number of aromatic nitrogens is 1. The van der Waals surface area contributed by atoms with Crippen molar-refractivity contribution in [3.8, 4) is 11.1 Å². The first kappa shape index (κ1) is 23.1. The van der Waals surface area contributed by atoms with Crippen LogP contribution in [0.15, 0.2) is 48.4 Å². The number of H-pyrrole nitrogens is 1. The highest BCUT2D eigenvalue weighted by Gasteiger charge is 2.33. The highest BCUT2D eigenvalue weighted by Crippen LogP contribution is 2.41. The maximum absolute atomic E-state index is 11.9. The van der Waals surface area contributed by atoms with Gasteiger partial charge in [0.15, 0.2) is 0 Å². The lowest BCUT2D eigenvalue weighted by Gasteiger charge is -2.32. The van der Waals surface area contributed by atoms with Crippen LogP contribution < -0.4 is 10.5 Å². The topological polar surface area (TPSA) is 125 Å². The number of primary amides is 1. The van der Waals surface area contributed by atoms with Crippen LogP contribution in [0.1, 0.15) is 37.1 Å². The Hall–Kier alpha value is -3.10. The molecular weight excluding hydrogens is 438 g/mol. The Kier molecular flexibility index (Phi) is 5.84. The number of amides is 1. The molecule has 0 fully saturated rings. The number of fused-ring (bicyclic) bond motifs is 3. The SMILES string of the molecule is C=CS(=O)(=O)Nc1cccc(-c2ccc(CC(N)=O)c3[nH]c4c(c23)CC[C@H](C(C)(C)O)C4)c1. The molecule has 33 heavy (non-hydrogen) atoms. The maximum Gasteiger partial charge on any atom is 0.254 e. The molecule has 1 atom stereocenters. The van der Waals surface area contributed by atoms with Crippen LogP contribution in [-0.2, 0) is 34.1 Å². The van der Waals surface area contributed by atoms with Gasteiger partial charge in [-0.1, -0.05) is 30.8 Å². The highest BCUT2D eigenvalue weighted by molar-refractivity contribution is 7.95. The molecule has 0 spiro atoms. The predicted molar refractivity (Wildman–Crippen MR) is 131 cm³/mol. The van der Waals surface area contributed by atoms with E-state index in [0.717, 1.165) is 51.5 Å². The van der Waals surface area contributed by atoms with Crippen LogP contribution in [0.25, 0.3) is 22.0 Å². The quantitative estimate of drug-likeness (QED) is 0.423. The summed E-state index contributed by atoms with van der Waals surface area (Å²) in [6.07, 6.45) is 2.47. The van der Waals surface area contributed by atoms with Gasteiger partial charge in [0.25, 0.3) is 10.0 Å². The van der Waals surface area contributed by atoms with E-state index < -0.39 is 21.5 Å². The van der Waals surface area contributed by atoms with Crippen molar-refractivity contribution in [2.75, 3.05) is 4.72 Å². The second-order valence-corrected chi connectivity index (χ2v) is 10.9. The summed E-state index contributed by atoms with van der Waals surface area (Å²) in [4.78, 5) is 15.2. The van der Waals surface area contributed by atoms with Gasteiger partial charge in [0.05, 0.1) is 17.5 Å². The second kappa shape index (κ2) is 8.35.